The number of alkyl halides is 3. The number of carbonyl (C=O) groups is 3. The molecule has 0 saturated heterocycles. The van der Waals surface area contributed by atoms with E-state index in [2.05, 4.69) is 25.8 Å². The molecule has 0 atom stereocenters. The number of carbonyl (C=O) groups excluding carboxylic acids is 3. The van der Waals surface area contributed by atoms with Gasteiger partial charge in [-0.1, -0.05) is 34.1 Å². The van der Waals surface area contributed by atoms with Crippen LogP contribution in [0.3, 0.4) is 0 Å². The molecule has 0 N–H and O–H groups in total. The average Bonchev–Trinajstić information content (AvgIpc) is 3.44. The monoisotopic (exact) mass is 575 g/mol. The molecule has 0 unspecified atom stereocenters. The number of rotatable bonds is 10. The van der Waals surface area contributed by atoms with Gasteiger partial charge in [-0.2, -0.15) is 0 Å². The summed E-state index contributed by atoms with van der Waals surface area (Å²) in [6, 6.07) is 1.57. The van der Waals surface area contributed by atoms with Crippen molar-refractivity contribution >= 4 is 48.9 Å². The summed E-state index contributed by atoms with van der Waals surface area (Å²) in [4.78, 5) is 29.9. The second kappa shape index (κ2) is 27.1. The van der Waals surface area contributed by atoms with Gasteiger partial charge in [-0.3, -0.25) is 0 Å². The zero-order valence-electron chi connectivity index (χ0n) is 25.0. The first-order chi connectivity index (χ1) is 18.4. The van der Waals surface area contributed by atoms with Crippen molar-refractivity contribution in [2.75, 3.05) is 20.1 Å². The van der Waals surface area contributed by atoms with Crippen LogP contribution in [-0.4, -0.2) is 63.0 Å². The van der Waals surface area contributed by atoms with Gasteiger partial charge in [0.2, 0.25) is 0 Å². The van der Waals surface area contributed by atoms with E-state index in [-0.39, 0.29) is 16.0 Å². The molecule has 10 heteroatoms. The molecule has 0 spiro atoms. The molecule has 1 heterocycles. The van der Waals surface area contributed by atoms with Crippen LogP contribution < -0.4 is 0 Å². The zero-order valence-corrected chi connectivity index (χ0v) is 25.8. The third-order valence-corrected chi connectivity index (χ3v) is 5.01. The van der Waals surface area contributed by atoms with E-state index < -0.39 is 17.5 Å². The molecule has 5 nitrogen and oxygen atoms in total. The maximum atomic E-state index is 13.5. The van der Waals surface area contributed by atoms with E-state index in [1.807, 2.05) is 27.4 Å². The van der Waals surface area contributed by atoms with Gasteiger partial charge in [-0.25, -0.2) is 0 Å². The molecule has 222 valence electrons. The summed E-state index contributed by atoms with van der Waals surface area (Å²) in [6.45, 7) is 21.8. The molecule has 0 aliphatic carbocycles. The first-order valence-electron chi connectivity index (χ1n) is 12.7. The van der Waals surface area contributed by atoms with Gasteiger partial charge < -0.3 is 14.5 Å². The molecule has 0 aromatic carbocycles. The molecule has 0 saturated carbocycles. The summed E-state index contributed by atoms with van der Waals surface area (Å²) >= 11 is 5.81. The predicted molar refractivity (Wildman–Crippen MR) is 160 cm³/mol. The number of hydrogen-bond acceptors (Lipinski definition) is 5. The summed E-state index contributed by atoms with van der Waals surface area (Å²) in [5.41, 5.74) is -0.0126. The van der Waals surface area contributed by atoms with Crippen LogP contribution in [0.1, 0.15) is 80.2 Å². The van der Waals surface area contributed by atoms with Crippen molar-refractivity contribution in [1.29, 1.82) is 0 Å². The Bertz CT molecular complexity index is 887. The van der Waals surface area contributed by atoms with E-state index in [9.17, 15) is 18.0 Å². The minimum atomic E-state index is -4.58. The number of ketones is 1. The number of hydrogen-bond donors (Lipinski definition) is 0. The van der Waals surface area contributed by atoms with Crippen molar-refractivity contribution in [2.24, 2.45) is 0 Å². The van der Waals surface area contributed by atoms with Gasteiger partial charge in [0.15, 0.2) is 0 Å². The molecule has 1 aromatic heterocycles. The van der Waals surface area contributed by atoms with Crippen molar-refractivity contribution in [3.05, 3.63) is 52.4 Å². The summed E-state index contributed by atoms with van der Waals surface area (Å²) in [7, 11) is 2.19. The van der Waals surface area contributed by atoms with Crippen LogP contribution in [0, 0.1) is 0 Å². The van der Waals surface area contributed by atoms with Crippen molar-refractivity contribution in [3.8, 4) is 0 Å². The van der Waals surface area contributed by atoms with E-state index in [0.29, 0.717) is 11.1 Å². The van der Waals surface area contributed by atoms with Gasteiger partial charge in [0.1, 0.15) is 13.6 Å². The maximum absolute atomic E-state index is 13.5. The molecular formula is C29H46BClF3NO4. The Labute approximate surface area is 239 Å². The van der Waals surface area contributed by atoms with Gasteiger partial charge in [-0.05, 0) is 33.0 Å². The molecule has 1 rings (SSSR count). The van der Waals surface area contributed by atoms with Crippen LogP contribution >= 0.6 is 11.6 Å². The van der Waals surface area contributed by atoms with Gasteiger partial charge in [0, 0.05) is 0 Å². The van der Waals surface area contributed by atoms with E-state index in [0.717, 1.165) is 13.0 Å². The summed E-state index contributed by atoms with van der Waals surface area (Å²) in [6.07, 6.45) is 4.68. The van der Waals surface area contributed by atoms with E-state index in [1.54, 1.807) is 19.1 Å². The van der Waals surface area contributed by atoms with Crippen molar-refractivity contribution in [2.45, 2.75) is 80.8 Å². The standard InChI is InChI=1S/C17H17BClF3O2.C8H19N.C2H6.2CH2O/c1-5-13(14-6-7-24-9-14)8-15(17(20,21)22)10(2)18-16(11(3)19)12(4)23;1-4-6-8-9(3)7-5-2;3*1-2/h5-9H,1-4H3;4-8H2,1-3H3;1-2H3;2*1H2/b13-5+,15-8+,16-11+;;;;. The van der Waals surface area contributed by atoms with Gasteiger partial charge in [0.25, 0.3) is 0 Å². The fourth-order valence-corrected chi connectivity index (χ4v) is 3.18. The van der Waals surface area contributed by atoms with Crippen molar-refractivity contribution in [3.63, 3.8) is 0 Å². The van der Waals surface area contributed by atoms with Crippen molar-refractivity contribution < 1.29 is 32.0 Å². The summed E-state index contributed by atoms with van der Waals surface area (Å²) in [5.74, 6) is -0.399. The Morgan fingerprint density at radius 3 is 1.95 bits per heavy atom. The first kappa shape index (κ1) is 43.5. The molecule has 0 bridgehead atoms. The van der Waals surface area contributed by atoms with Crippen LogP contribution in [0.5, 0.6) is 0 Å². The molecular weight excluding hydrogens is 530 g/mol. The Balaban J connectivity index is -0.000000341. The molecule has 0 aliphatic heterocycles. The third kappa shape index (κ3) is 21.0. The first-order valence-corrected chi connectivity index (χ1v) is 13.1. The Morgan fingerprint density at radius 1 is 1.08 bits per heavy atom. The van der Waals surface area contributed by atoms with Crippen LogP contribution in [0.4, 0.5) is 13.2 Å². The summed E-state index contributed by atoms with van der Waals surface area (Å²) in [5, 5.41) is 0.143. The van der Waals surface area contributed by atoms with Crippen LogP contribution in [0.15, 0.2) is 51.2 Å². The van der Waals surface area contributed by atoms with E-state index in [4.69, 9.17) is 25.6 Å². The molecule has 39 heavy (non-hydrogen) atoms. The van der Waals surface area contributed by atoms with Crippen LogP contribution in [-0.2, 0) is 14.4 Å². The van der Waals surface area contributed by atoms with Crippen LogP contribution in [0.2, 0.25) is 0 Å². The van der Waals surface area contributed by atoms with Crippen molar-refractivity contribution in [1.82, 2.24) is 4.90 Å². The second-order valence-corrected chi connectivity index (χ2v) is 8.37. The topological polar surface area (TPSA) is 67.6 Å². The Hall–Kier alpha value is -2.52. The van der Waals surface area contributed by atoms with Gasteiger partial charge in [0.05, 0.1) is 0 Å². The second-order valence-electron chi connectivity index (χ2n) is 7.80. The van der Waals surface area contributed by atoms with E-state index >= 15 is 0 Å². The molecule has 1 aromatic rings. The Kier molecular flexibility index (Phi) is 30.2. The number of Topliss-reactive ketones (excluding diaryl/α,β-unsaturated/α-hetero) is 1. The van der Waals surface area contributed by atoms with E-state index in [1.165, 1.54) is 65.6 Å². The molecule has 0 amide bonds. The average molecular weight is 576 g/mol. The quantitative estimate of drug-likeness (QED) is 0.161. The van der Waals surface area contributed by atoms with Crippen LogP contribution in [0.25, 0.3) is 5.57 Å². The number of allylic oxidation sites excluding steroid dienone is 6. The van der Waals surface area contributed by atoms with Gasteiger partial charge in [-0.15, -0.1) is 0 Å². The molecule has 0 fully saturated rings. The fraction of sp³-hybridized carbons (Fsp3) is 0.517. The third-order valence-electron chi connectivity index (χ3n) is 4.81. The number of unbranched alkanes of at least 4 members (excludes halogenated alkanes) is 1. The normalized spacial score (nSPS) is 12.1. The fourth-order valence-electron chi connectivity index (χ4n) is 3.00. The molecule has 0 radical (unpaired) electrons. The predicted octanol–water partition coefficient (Wildman–Crippen LogP) is 7.91. The number of halogens is 4. The Morgan fingerprint density at radius 2 is 1.62 bits per heavy atom. The summed E-state index contributed by atoms with van der Waals surface area (Å²) < 4.78 is 45.3. The number of nitrogens with zero attached hydrogens (tertiary/aromatic N) is 1. The zero-order chi connectivity index (χ0) is 31.6. The SMILES string of the molecule is C=O.C=O.CC.CCCCN(C)CCC.C\C=C(/C=C(\C(C)=B/C(C(C)=O)=C(\C)Cl)C(F)(F)F)c1ccoc1. The minimum absolute atomic E-state index is 0.0506. The molecule has 0 aliphatic rings. The van der Waals surface area contributed by atoms with Gasteiger partial charge >= 0.3 is 144 Å². The number of furan rings is 1.